The Kier molecular flexibility index (Phi) is 5.45. The topological polar surface area (TPSA) is 119 Å². The normalized spacial score (nSPS) is 14.3. The first-order valence-corrected chi connectivity index (χ1v) is 10.2. The number of fused-ring (bicyclic) bond motifs is 1. The molecule has 0 aliphatic carbocycles. The molecule has 0 spiro atoms. The van der Waals surface area contributed by atoms with E-state index in [1.54, 1.807) is 12.3 Å². The number of aromatic amines is 1. The molecule has 3 aromatic rings. The number of aromatic nitrogens is 3. The predicted octanol–water partition coefficient (Wildman–Crippen LogP) is 2.67. The Balaban J connectivity index is 1.65. The highest BCUT2D eigenvalue weighted by atomic mass is 19.1. The van der Waals surface area contributed by atoms with Crippen LogP contribution in [-0.4, -0.2) is 51.7 Å². The molecule has 2 aromatic heterocycles. The van der Waals surface area contributed by atoms with E-state index in [0.29, 0.717) is 46.1 Å². The number of nitrogens with zero attached hydrogens (tertiary/aromatic N) is 2. The Morgan fingerprint density at radius 3 is 2.74 bits per heavy atom. The minimum Gasteiger partial charge on any atom is -0.384 e. The number of halogens is 1. The lowest BCUT2D eigenvalue weighted by molar-refractivity contribution is 0.0921. The molecule has 0 radical (unpaired) electrons. The van der Waals surface area contributed by atoms with E-state index in [4.69, 9.17) is 5.41 Å². The molecule has 1 saturated heterocycles. The van der Waals surface area contributed by atoms with Gasteiger partial charge in [-0.3, -0.25) is 10.2 Å². The molecule has 31 heavy (non-hydrogen) atoms. The highest BCUT2D eigenvalue weighted by Gasteiger charge is 2.22. The van der Waals surface area contributed by atoms with E-state index >= 15 is 0 Å². The third-order valence-electron chi connectivity index (χ3n) is 5.07. The van der Waals surface area contributed by atoms with Crippen molar-refractivity contribution in [1.29, 1.82) is 5.41 Å². The Morgan fingerprint density at radius 1 is 1.29 bits per heavy atom. The Hall–Kier alpha value is -3.33. The van der Waals surface area contributed by atoms with Crippen LogP contribution in [0.3, 0.4) is 0 Å². The lowest BCUT2D eigenvalue weighted by atomic mass is 10.0. The van der Waals surface area contributed by atoms with Gasteiger partial charge in [-0.1, -0.05) is 0 Å². The molecule has 162 valence electrons. The molecule has 0 bridgehead atoms. The molecule has 1 aromatic carbocycles. The zero-order valence-electron chi connectivity index (χ0n) is 17.8. The summed E-state index contributed by atoms with van der Waals surface area (Å²) in [6.45, 7) is 8.23. The number of hydrogen-bond acceptors (Lipinski definition) is 6. The molecular weight excluding hydrogens is 397 g/mol. The van der Waals surface area contributed by atoms with Crippen molar-refractivity contribution in [1.82, 2.24) is 25.6 Å². The van der Waals surface area contributed by atoms with Gasteiger partial charge in [-0.2, -0.15) is 0 Å². The van der Waals surface area contributed by atoms with Gasteiger partial charge in [0.2, 0.25) is 0 Å². The second kappa shape index (κ2) is 8.07. The summed E-state index contributed by atoms with van der Waals surface area (Å²) in [6, 6.07) is 4.28. The van der Waals surface area contributed by atoms with Crippen molar-refractivity contribution in [3.05, 3.63) is 53.2 Å². The van der Waals surface area contributed by atoms with Crippen molar-refractivity contribution in [2.75, 3.05) is 25.0 Å². The van der Waals surface area contributed by atoms with Crippen LogP contribution in [0.5, 0.6) is 0 Å². The highest BCUT2D eigenvalue weighted by molar-refractivity contribution is 6.14. The van der Waals surface area contributed by atoms with E-state index in [-0.39, 0.29) is 17.4 Å². The largest absolute Gasteiger partial charge is 0.384 e. The first-order chi connectivity index (χ1) is 14.7. The summed E-state index contributed by atoms with van der Waals surface area (Å²) in [5.41, 5.74) is 2.29. The van der Waals surface area contributed by atoms with Gasteiger partial charge >= 0.3 is 0 Å². The average molecular weight is 423 g/mol. The van der Waals surface area contributed by atoms with Crippen LogP contribution in [0.4, 0.5) is 10.1 Å². The van der Waals surface area contributed by atoms with Gasteiger partial charge in [0.25, 0.3) is 5.91 Å². The number of hydrogen-bond donors (Lipinski definition) is 5. The quantitative estimate of drug-likeness (QED) is 0.391. The van der Waals surface area contributed by atoms with Gasteiger partial charge in [-0.05, 0) is 39.0 Å². The predicted molar refractivity (Wildman–Crippen MR) is 118 cm³/mol. The molecule has 9 heteroatoms. The van der Waals surface area contributed by atoms with Crippen molar-refractivity contribution < 1.29 is 9.18 Å². The smallest absolute Gasteiger partial charge is 0.255 e. The Bertz CT molecular complexity index is 1140. The van der Waals surface area contributed by atoms with Crippen LogP contribution < -0.4 is 16.0 Å². The fourth-order valence-corrected chi connectivity index (χ4v) is 3.36. The zero-order chi connectivity index (χ0) is 22.2. The molecule has 1 amide bonds. The van der Waals surface area contributed by atoms with Gasteiger partial charge < -0.3 is 20.9 Å². The maximum absolute atomic E-state index is 13.9. The summed E-state index contributed by atoms with van der Waals surface area (Å²) >= 11 is 0. The second-order valence-corrected chi connectivity index (χ2v) is 8.83. The van der Waals surface area contributed by atoms with Gasteiger partial charge in [-0.15, -0.1) is 0 Å². The third kappa shape index (κ3) is 4.56. The van der Waals surface area contributed by atoms with Crippen molar-refractivity contribution in [2.24, 2.45) is 5.92 Å². The maximum Gasteiger partial charge on any atom is 0.255 e. The Morgan fingerprint density at radius 2 is 2.06 bits per heavy atom. The number of nitrogens with one attached hydrogen (secondary N) is 5. The van der Waals surface area contributed by atoms with E-state index in [1.165, 1.54) is 18.3 Å². The monoisotopic (exact) mass is 423 g/mol. The molecule has 0 unspecified atom stereocenters. The lowest BCUT2D eigenvalue weighted by Gasteiger charge is -2.28. The van der Waals surface area contributed by atoms with Crippen LogP contribution >= 0.6 is 0 Å². The summed E-state index contributed by atoms with van der Waals surface area (Å²) in [7, 11) is 0. The van der Waals surface area contributed by atoms with Crippen molar-refractivity contribution in [2.45, 2.75) is 26.3 Å². The number of anilines is 1. The van der Waals surface area contributed by atoms with E-state index in [9.17, 15) is 9.18 Å². The first kappa shape index (κ1) is 20.9. The van der Waals surface area contributed by atoms with Crippen molar-refractivity contribution in [3.8, 4) is 0 Å². The van der Waals surface area contributed by atoms with Crippen molar-refractivity contribution in [3.63, 3.8) is 0 Å². The molecule has 0 saturated carbocycles. The standard InChI is InChI=1S/C22H26FN7O/c1-22(2,3)30-21(31)15-10-27-20-19(15)29-17(11-28-20)18(24)14-5-4-13(23)6-16(14)26-9-12-7-25-8-12/h4-6,10-12,24-26H,7-9H2,1-3H3,(H,27,28)(H,30,31). The minimum atomic E-state index is -0.400. The fraction of sp³-hybridized carbons (Fsp3) is 0.364. The number of rotatable bonds is 6. The lowest BCUT2D eigenvalue weighted by Crippen LogP contribution is -2.45. The van der Waals surface area contributed by atoms with Crippen LogP contribution in [-0.2, 0) is 0 Å². The van der Waals surface area contributed by atoms with Gasteiger partial charge in [-0.25, -0.2) is 14.4 Å². The van der Waals surface area contributed by atoms with Gasteiger partial charge in [0.05, 0.1) is 17.5 Å². The van der Waals surface area contributed by atoms with Gasteiger partial charge in [0, 0.05) is 48.5 Å². The molecule has 0 atom stereocenters. The van der Waals surface area contributed by atoms with Gasteiger partial charge in [0.1, 0.15) is 17.0 Å². The van der Waals surface area contributed by atoms with E-state index in [0.717, 1.165) is 13.1 Å². The van der Waals surface area contributed by atoms with Crippen LogP contribution in [0.1, 0.15) is 42.4 Å². The summed E-state index contributed by atoms with van der Waals surface area (Å²) in [5, 5.41) is 18.1. The average Bonchev–Trinajstić information content (AvgIpc) is 3.08. The molecule has 1 aliphatic heterocycles. The molecule has 1 aliphatic rings. The first-order valence-electron chi connectivity index (χ1n) is 10.2. The molecule has 5 N–H and O–H groups in total. The second-order valence-electron chi connectivity index (χ2n) is 8.83. The minimum absolute atomic E-state index is 0.104. The summed E-state index contributed by atoms with van der Waals surface area (Å²) in [5.74, 6) is -0.167. The number of H-pyrrole nitrogens is 1. The molecule has 8 nitrogen and oxygen atoms in total. The number of amides is 1. The molecule has 1 fully saturated rings. The molecule has 3 heterocycles. The van der Waals surface area contributed by atoms with E-state index < -0.39 is 5.54 Å². The van der Waals surface area contributed by atoms with E-state index in [2.05, 4.69) is 30.9 Å². The van der Waals surface area contributed by atoms with Crippen LogP contribution in [0, 0.1) is 17.1 Å². The summed E-state index contributed by atoms with van der Waals surface area (Å²) in [4.78, 5) is 24.5. The summed E-state index contributed by atoms with van der Waals surface area (Å²) < 4.78 is 13.9. The Labute approximate surface area is 179 Å². The highest BCUT2D eigenvalue weighted by Crippen LogP contribution is 2.23. The third-order valence-corrected chi connectivity index (χ3v) is 5.07. The van der Waals surface area contributed by atoms with Crippen LogP contribution in [0.2, 0.25) is 0 Å². The summed E-state index contributed by atoms with van der Waals surface area (Å²) in [6.07, 6.45) is 3.05. The number of carbonyl (C=O) groups excluding carboxylic acids is 1. The van der Waals surface area contributed by atoms with Crippen LogP contribution in [0.15, 0.2) is 30.6 Å². The fourth-order valence-electron chi connectivity index (χ4n) is 3.36. The number of carbonyl (C=O) groups is 1. The maximum atomic E-state index is 13.9. The molecular formula is C22H26FN7O. The van der Waals surface area contributed by atoms with Crippen LogP contribution in [0.25, 0.3) is 11.2 Å². The van der Waals surface area contributed by atoms with Gasteiger partial charge in [0.15, 0.2) is 5.65 Å². The number of benzene rings is 1. The zero-order valence-corrected chi connectivity index (χ0v) is 17.8. The SMILES string of the molecule is CC(C)(C)NC(=O)c1c[nH]c2ncc(C(=N)c3ccc(F)cc3NCC3CNC3)nc12. The van der Waals surface area contributed by atoms with Crippen molar-refractivity contribution >= 4 is 28.5 Å². The van der Waals surface area contributed by atoms with E-state index in [1.807, 2.05) is 20.8 Å². The molecule has 4 rings (SSSR count).